The Morgan fingerprint density at radius 3 is 2.50 bits per heavy atom. The van der Waals surface area contributed by atoms with Gasteiger partial charge in [-0.2, -0.15) is 19.6 Å². The molecule has 0 saturated carbocycles. The summed E-state index contributed by atoms with van der Waals surface area (Å²) in [6, 6.07) is 0. The van der Waals surface area contributed by atoms with Gasteiger partial charge in [0.05, 0.1) is 13.1 Å². The molecule has 9 nitrogen and oxygen atoms in total. The summed E-state index contributed by atoms with van der Waals surface area (Å²) < 4.78 is 1.37. The van der Waals surface area contributed by atoms with Gasteiger partial charge in [0.25, 0.3) is 5.78 Å². The lowest BCUT2D eigenvalue weighted by atomic mass is 10.3. The molecule has 0 aromatic carbocycles. The number of halogens is 1. The highest BCUT2D eigenvalue weighted by Crippen LogP contribution is 2.25. The van der Waals surface area contributed by atoms with Crippen LogP contribution in [0.3, 0.4) is 0 Å². The number of hydrogen-bond donors (Lipinski definition) is 2. The van der Waals surface area contributed by atoms with Gasteiger partial charge in [-0.3, -0.25) is 9.59 Å². The van der Waals surface area contributed by atoms with Crippen LogP contribution < -0.4 is 16.4 Å². The van der Waals surface area contributed by atoms with Gasteiger partial charge >= 0.3 is 0 Å². The average molecular weight is 298 g/mol. The third-order valence-electron chi connectivity index (χ3n) is 2.57. The smallest absolute Gasteiger partial charge is 0.255 e. The third kappa shape index (κ3) is 2.62. The van der Waals surface area contributed by atoms with Gasteiger partial charge < -0.3 is 16.4 Å². The van der Waals surface area contributed by atoms with E-state index in [9.17, 15) is 9.59 Å². The third-order valence-corrected chi connectivity index (χ3v) is 2.93. The number of fused-ring (bicyclic) bond motifs is 1. The van der Waals surface area contributed by atoms with Crippen molar-refractivity contribution in [3.05, 3.63) is 17.0 Å². The minimum Gasteiger partial charge on any atom is -0.368 e. The van der Waals surface area contributed by atoms with E-state index < -0.39 is 11.8 Å². The van der Waals surface area contributed by atoms with Crippen molar-refractivity contribution in [2.75, 3.05) is 18.0 Å². The minimum atomic E-state index is -0.619. The number of carbonyl (C=O) groups excluding carboxylic acids is 2. The van der Waals surface area contributed by atoms with Gasteiger partial charge in [0.1, 0.15) is 17.3 Å². The van der Waals surface area contributed by atoms with Crippen LogP contribution in [-0.4, -0.2) is 44.5 Å². The van der Waals surface area contributed by atoms with Crippen LogP contribution in [-0.2, 0) is 9.59 Å². The maximum atomic E-state index is 11.2. The molecule has 2 amide bonds. The first-order valence-corrected chi connectivity index (χ1v) is 5.95. The first kappa shape index (κ1) is 14.0. The molecule has 0 saturated heterocycles. The van der Waals surface area contributed by atoms with Crippen LogP contribution in [0.2, 0.25) is 5.15 Å². The summed E-state index contributed by atoms with van der Waals surface area (Å²) in [5.41, 5.74) is 10.9. The van der Waals surface area contributed by atoms with Gasteiger partial charge in [0.15, 0.2) is 0 Å². The molecule has 106 valence electrons. The molecule has 0 fully saturated rings. The summed E-state index contributed by atoms with van der Waals surface area (Å²) in [6.45, 7) is 1.26. The van der Waals surface area contributed by atoms with Gasteiger partial charge in [-0.1, -0.05) is 11.6 Å². The average Bonchev–Trinajstić information content (AvgIpc) is 2.75. The maximum absolute atomic E-state index is 11.2. The van der Waals surface area contributed by atoms with Crippen LogP contribution in [0.1, 0.15) is 5.56 Å². The van der Waals surface area contributed by atoms with Crippen molar-refractivity contribution >= 4 is 35.0 Å². The van der Waals surface area contributed by atoms with Crippen LogP contribution in [0.4, 0.5) is 5.82 Å². The normalized spacial score (nSPS) is 10.7. The van der Waals surface area contributed by atoms with Crippen molar-refractivity contribution in [2.24, 2.45) is 11.5 Å². The van der Waals surface area contributed by atoms with E-state index in [4.69, 9.17) is 23.1 Å². The Hall–Kier alpha value is -2.42. The molecular formula is C10H12ClN7O2. The Kier molecular flexibility index (Phi) is 3.70. The fraction of sp³-hybridized carbons (Fsp3) is 0.300. The lowest BCUT2D eigenvalue weighted by Gasteiger charge is -2.23. The molecule has 4 N–H and O–H groups in total. The highest BCUT2D eigenvalue weighted by molar-refractivity contribution is 6.30. The molecule has 2 aromatic rings. The Labute approximate surface area is 118 Å². The lowest BCUT2D eigenvalue weighted by Crippen LogP contribution is -2.41. The topological polar surface area (TPSA) is 132 Å². The Bertz CT molecular complexity index is 668. The first-order chi connectivity index (χ1) is 9.40. The van der Waals surface area contributed by atoms with E-state index in [1.54, 1.807) is 6.92 Å². The second-order valence-electron chi connectivity index (χ2n) is 4.11. The summed E-state index contributed by atoms with van der Waals surface area (Å²) in [5, 5.41) is 4.19. The molecule has 0 unspecified atom stereocenters. The predicted octanol–water partition coefficient (Wildman–Crippen LogP) is -1.14. The largest absolute Gasteiger partial charge is 0.368 e. The Morgan fingerprint density at radius 1 is 1.35 bits per heavy atom. The van der Waals surface area contributed by atoms with Crippen molar-refractivity contribution in [1.29, 1.82) is 0 Å². The fourth-order valence-corrected chi connectivity index (χ4v) is 2.00. The molecule has 0 aliphatic heterocycles. The number of anilines is 1. The van der Waals surface area contributed by atoms with Crippen LogP contribution in [0.15, 0.2) is 6.33 Å². The molecule has 0 aliphatic carbocycles. The number of primary amides is 2. The Balaban J connectivity index is 2.61. The number of nitrogens with two attached hydrogens (primary N) is 2. The zero-order valence-electron chi connectivity index (χ0n) is 10.6. The van der Waals surface area contributed by atoms with E-state index in [0.29, 0.717) is 11.4 Å². The second kappa shape index (κ2) is 5.29. The maximum Gasteiger partial charge on any atom is 0.255 e. The van der Waals surface area contributed by atoms with E-state index in [0.717, 1.165) is 0 Å². The van der Waals surface area contributed by atoms with Crippen molar-refractivity contribution in [1.82, 2.24) is 19.6 Å². The summed E-state index contributed by atoms with van der Waals surface area (Å²) in [6.07, 6.45) is 1.29. The van der Waals surface area contributed by atoms with Crippen molar-refractivity contribution in [3.8, 4) is 0 Å². The number of carbonyl (C=O) groups is 2. The van der Waals surface area contributed by atoms with E-state index in [-0.39, 0.29) is 24.0 Å². The van der Waals surface area contributed by atoms with Gasteiger partial charge in [0, 0.05) is 5.56 Å². The first-order valence-electron chi connectivity index (χ1n) is 5.57. The van der Waals surface area contributed by atoms with Crippen LogP contribution in [0.25, 0.3) is 5.78 Å². The second-order valence-corrected chi connectivity index (χ2v) is 4.47. The van der Waals surface area contributed by atoms with Gasteiger partial charge in [-0.25, -0.2) is 0 Å². The molecule has 0 atom stereocenters. The molecular weight excluding hydrogens is 286 g/mol. The van der Waals surface area contributed by atoms with E-state index in [1.165, 1.54) is 15.7 Å². The van der Waals surface area contributed by atoms with Crippen molar-refractivity contribution in [3.63, 3.8) is 0 Å². The SMILES string of the molecule is Cc1c(Cl)nc2ncnn2c1N(CC(N)=O)CC(N)=O. The summed E-state index contributed by atoms with van der Waals surface area (Å²) >= 11 is 6.02. The molecule has 10 heteroatoms. The number of hydrogen-bond acceptors (Lipinski definition) is 6. The minimum absolute atomic E-state index is 0.194. The van der Waals surface area contributed by atoms with Crippen LogP contribution in [0, 0.1) is 6.92 Å². The lowest BCUT2D eigenvalue weighted by molar-refractivity contribution is -0.117. The number of amides is 2. The van der Waals surface area contributed by atoms with Gasteiger partial charge in [-0.15, -0.1) is 0 Å². The molecule has 20 heavy (non-hydrogen) atoms. The standard InChI is InChI=1S/C10H12ClN7O2/c1-5-8(11)16-10-14-4-15-18(10)9(5)17(2-6(12)19)3-7(13)20/h4H,2-3H2,1H3,(H2,12,19)(H2,13,20). The zero-order chi connectivity index (χ0) is 14.9. The quantitative estimate of drug-likeness (QED) is 0.670. The highest BCUT2D eigenvalue weighted by Gasteiger charge is 2.21. The molecule has 2 rings (SSSR count). The molecule has 2 aromatic heterocycles. The van der Waals surface area contributed by atoms with E-state index >= 15 is 0 Å². The van der Waals surface area contributed by atoms with Crippen molar-refractivity contribution in [2.45, 2.75) is 6.92 Å². The molecule has 0 spiro atoms. The molecule has 0 bridgehead atoms. The van der Waals surface area contributed by atoms with Crippen LogP contribution in [0.5, 0.6) is 0 Å². The number of aromatic nitrogens is 4. The summed E-state index contributed by atoms with van der Waals surface area (Å²) in [7, 11) is 0. The van der Waals surface area contributed by atoms with E-state index in [1.807, 2.05) is 0 Å². The number of nitrogens with zero attached hydrogens (tertiary/aromatic N) is 5. The molecule has 0 aliphatic rings. The molecule has 0 radical (unpaired) electrons. The highest BCUT2D eigenvalue weighted by atomic mass is 35.5. The fourth-order valence-electron chi connectivity index (χ4n) is 1.84. The van der Waals surface area contributed by atoms with E-state index in [2.05, 4.69) is 15.1 Å². The molecule has 2 heterocycles. The van der Waals surface area contributed by atoms with Gasteiger partial charge in [-0.05, 0) is 6.92 Å². The summed E-state index contributed by atoms with van der Waals surface area (Å²) in [5.74, 6) is -0.594. The monoisotopic (exact) mass is 297 g/mol. The van der Waals surface area contributed by atoms with Crippen molar-refractivity contribution < 1.29 is 9.59 Å². The predicted molar refractivity (Wildman–Crippen MR) is 71.1 cm³/mol. The van der Waals surface area contributed by atoms with Crippen LogP contribution >= 0.6 is 11.6 Å². The van der Waals surface area contributed by atoms with Gasteiger partial charge in [0.2, 0.25) is 11.8 Å². The Morgan fingerprint density at radius 2 is 1.95 bits per heavy atom. The summed E-state index contributed by atoms with van der Waals surface area (Å²) in [4.78, 5) is 31.7. The zero-order valence-corrected chi connectivity index (χ0v) is 11.3. The number of rotatable bonds is 5.